The Balaban J connectivity index is 2.15. The first-order chi connectivity index (χ1) is 9.66. The van der Waals surface area contributed by atoms with Crippen molar-refractivity contribution in [3.63, 3.8) is 0 Å². The molecule has 1 heterocycles. The van der Waals surface area contributed by atoms with Crippen LogP contribution in [0.2, 0.25) is 0 Å². The monoisotopic (exact) mass is 274 g/mol. The van der Waals surface area contributed by atoms with Crippen molar-refractivity contribution in [1.29, 1.82) is 0 Å². The normalized spacial score (nSPS) is 10.7. The van der Waals surface area contributed by atoms with Gasteiger partial charge in [-0.2, -0.15) is 9.36 Å². The van der Waals surface area contributed by atoms with Crippen LogP contribution in [0.3, 0.4) is 0 Å². The van der Waals surface area contributed by atoms with E-state index < -0.39 is 17.3 Å². The molecule has 0 spiro atoms. The molecule has 0 saturated carbocycles. The maximum Gasteiger partial charge on any atom is 0.373 e. The number of hydrogen-bond donors (Lipinski definition) is 0. The molecule has 20 heavy (non-hydrogen) atoms. The first-order valence-corrected chi connectivity index (χ1v) is 5.73. The minimum Gasteiger partial charge on any atom is -0.243 e. The van der Waals surface area contributed by atoms with Crippen LogP contribution >= 0.6 is 0 Å². The molecular formula is C13H8F2N4O. The van der Waals surface area contributed by atoms with Crippen LogP contribution in [0.1, 0.15) is 0 Å². The van der Waals surface area contributed by atoms with E-state index in [0.29, 0.717) is 0 Å². The zero-order valence-corrected chi connectivity index (χ0v) is 10.1. The van der Waals surface area contributed by atoms with Crippen LogP contribution in [0.4, 0.5) is 8.78 Å². The van der Waals surface area contributed by atoms with E-state index >= 15 is 0 Å². The molecule has 0 aliphatic heterocycles. The Morgan fingerprint density at radius 2 is 1.65 bits per heavy atom. The molecule has 0 aliphatic carbocycles. The molecule has 0 bridgehead atoms. The van der Waals surface area contributed by atoms with Crippen LogP contribution in [0.5, 0.6) is 0 Å². The molecule has 100 valence electrons. The molecule has 3 rings (SSSR count). The predicted molar refractivity (Wildman–Crippen MR) is 66.9 cm³/mol. The molecule has 3 aromatic rings. The zero-order chi connectivity index (χ0) is 14.1. The molecule has 0 saturated heterocycles. The summed E-state index contributed by atoms with van der Waals surface area (Å²) in [5.74, 6) is -1.10. The molecular weight excluding hydrogens is 266 g/mol. The molecule has 0 fully saturated rings. The Morgan fingerprint density at radius 1 is 0.900 bits per heavy atom. The van der Waals surface area contributed by atoms with Crippen molar-refractivity contribution in [1.82, 2.24) is 19.8 Å². The lowest BCUT2D eigenvalue weighted by Crippen LogP contribution is -2.23. The number of tetrazole rings is 1. The smallest absolute Gasteiger partial charge is 0.243 e. The minimum atomic E-state index is -0.680. The van der Waals surface area contributed by atoms with Crippen LogP contribution in [0.25, 0.3) is 11.4 Å². The van der Waals surface area contributed by atoms with Gasteiger partial charge in [-0.15, -0.1) is 0 Å². The van der Waals surface area contributed by atoms with Crippen LogP contribution in [-0.4, -0.2) is 19.8 Å². The summed E-state index contributed by atoms with van der Waals surface area (Å²) in [5, 5.41) is 7.24. The van der Waals surface area contributed by atoms with Gasteiger partial charge in [-0.3, -0.25) is 0 Å². The van der Waals surface area contributed by atoms with Crippen molar-refractivity contribution in [2.45, 2.75) is 0 Å². The van der Waals surface area contributed by atoms with E-state index in [1.165, 1.54) is 36.4 Å². The molecule has 0 unspecified atom stereocenters. The highest BCUT2D eigenvalue weighted by Crippen LogP contribution is 2.10. The van der Waals surface area contributed by atoms with Crippen LogP contribution in [0.15, 0.2) is 53.3 Å². The fourth-order valence-electron chi connectivity index (χ4n) is 1.79. The number of benzene rings is 2. The Morgan fingerprint density at radius 3 is 2.40 bits per heavy atom. The van der Waals surface area contributed by atoms with Gasteiger partial charge in [0.15, 0.2) is 0 Å². The maximum absolute atomic E-state index is 13.6. The molecule has 2 aromatic carbocycles. The summed E-state index contributed by atoms with van der Waals surface area (Å²) < 4.78 is 28.5. The van der Waals surface area contributed by atoms with Gasteiger partial charge in [0.25, 0.3) is 0 Å². The summed E-state index contributed by atoms with van der Waals surface area (Å²) in [6, 6.07) is 11.0. The van der Waals surface area contributed by atoms with Gasteiger partial charge in [0.1, 0.15) is 17.3 Å². The van der Waals surface area contributed by atoms with E-state index in [0.717, 1.165) is 15.4 Å². The Hall–Kier alpha value is -2.83. The predicted octanol–water partition coefficient (Wildman–Crippen LogP) is 1.70. The SMILES string of the molecule is O=c1n(-c2cccc(F)c2)nnn1-c1ccccc1F. The van der Waals surface area contributed by atoms with Crippen molar-refractivity contribution in [3.8, 4) is 11.4 Å². The second-order valence-electron chi connectivity index (χ2n) is 4.02. The lowest BCUT2D eigenvalue weighted by atomic mass is 10.3. The van der Waals surface area contributed by atoms with Gasteiger partial charge in [0.2, 0.25) is 0 Å². The highest BCUT2D eigenvalue weighted by atomic mass is 19.1. The molecule has 0 aliphatic rings. The summed E-state index contributed by atoms with van der Waals surface area (Å²) in [7, 11) is 0. The summed E-state index contributed by atoms with van der Waals surface area (Å²) >= 11 is 0. The number of rotatable bonds is 2. The van der Waals surface area contributed by atoms with E-state index in [9.17, 15) is 13.6 Å². The van der Waals surface area contributed by atoms with Crippen LogP contribution in [0, 0.1) is 11.6 Å². The average Bonchev–Trinajstić information content (AvgIpc) is 2.81. The van der Waals surface area contributed by atoms with Gasteiger partial charge in [-0.05, 0) is 40.8 Å². The molecule has 5 nitrogen and oxygen atoms in total. The summed E-state index contributed by atoms with van der Waals surface area (Å²) in [5.41, 5.74) is -0.474. The molecule has 0 amide bonds. The molecule has 1 aromatic heterocycles. The third-order valence-electron chi connectivity index (χ3n) is 2.71. The standard InChI is InChI=1S/C13H8F2N4O/c14-9-4-3-5-10(8-9)18-13(20)19(17-16-18)12-7-2-1-6-11(12)15/h1-8H. The average molecular weight is 274 g/mol. The Kier molecular flexibility index (Phi) is 2.86. The zero-order valence-electron chi connectivity index (χ0n) is 10.1. The van der Waals surface area contributed by atoms with Gasteiger partial charge < -0.3 is 0 Å². The third-order valence-corrected chi connectivity index (χ3v) is 2.71. The quantitative estimate of drug-likeness (QED) is 0.714. The topological polar surface area (TPSA) is 52.7 Å². The van der Waals surface area contributed by atoms with Gasteiger partial charge >= 0.3 is 5.69 Å². The fraction of sp³-hybridized carbons (Fsp3) is 0. The summed E-state index contributed by atoms with van der Waals surface area (Å²) in [4.78, 5) is 12.1. The van der Waals surface area contributed by atoms with Gasteiger partial charge in [-0.1, -0.05) is 18.2 Å². The fourth-order valence-corrected chi connectivity index (χ4v) is 1.79. The molecule has 0 atom stereocenters. The van der Waals surface area contributed by atoms with Crippen molar-refractivity contribution in [2.75, 3.05) is 0 Å². The summed E-state index contributed by atoms with van der Waals surface area (Å²) in [6.07, 6.45) is 0. The van der Waals surface area contributed by atoms with E-state index in [-0.39, 0.29) is 11.4 Å². The van der Waals surface area contributed by atoms with Crippen molar-refractivity contribution in [3.05, 3.63) is 70.6 Å². The van der Waals surface area contributed by atoms with E-state index in [4.69, 9.17) is 0 Å². The Labute approximate surface area is 111 Å². The minimum absolute atomic E-state index is 0.0137. The van der Waals surface area contributed by atoms with Crippen molar-refractivity contribution < 1.29 is 8.78 Å². The number of halogens is 2. The molecule has 0 N–H and O–H groups in total. The van der Waals surface area contributed by atoms with Crippen LogP contribution < -0.4 is 5.69 Å². The van der Waals surface area contributed by atoms with Crippen molar-refractivity contribution in [2.24, 2.45) is 0 Å². The maximum atomic E-state index is 13.6. The number of aromatic nitrogens is 4. The lowest BCUT2D eigenvalue weighted by molar-refractivity contribution is 0.604. The van der Waals surface area contributed by atoms with E-state index in [1.54, 1.807) is 6.07 Å². The van der Waals surface area contributed by atoms with Gasteiger partial charge in [0.05, 0.1) is 5.69 Å². The van der Waals surface area contributed by atoms with E-state index in [1.807, 2.05) is 0 Å². The van der Waals surface area contributed by atoms with Crippen molar-refractivity contribution >= 4 is 0 Å². The molecule has 0 radical (unpaired) electrons. The number of nitrogens with zero attached hydrogens (tertiary/aromatic N) is 4. The first kappa shape index (κ1) is 12.2. The second-order valence-corrected chi connectivity index (χ2v) is 4.02. The highest BCUT2D eigenvalue weighted by molar-refractivity contribution is 5.33. The number of hydrogen-bond acceptors (Lipinski definition) is 3. The number of para-hydroxylation sites is 1. The van der Waals surface area contributed by atoms with E-state index in [2.05, 4.69) is 10.4 Å². The second kappa shape index (κ2) is 4.69. The van der Waals surface area contributed by atoms with Gasteiger partial charge in [-0.25, -0.2) is 13.6 Å². The summed E-state index contributed by atoms with van der Waals surface area (Å²) in [6.45, 7) is 0. The van der Waals surface area contributed by atoms with Gasteiger partial charge in [0, 0.05) is 0 Å². The largest absolute Gasteiger partial charge is 0.373 e. The first-order valence-electron chi connectivity index (χ1n) is 5.73. The molecule has 7 heteroatoms. The van der Waals surface area contributed by atoms with Crippen LogP contribution in [-0.2, 0) is 0 Å². The third kappa shape index (κ3) is 1.99. The Bertz CT molecular complexity index is 825. The highest BCUT2D eigenvalue weighted by Gasteiger charge is 2.13. The lowest BCUT2D eigenvalue weighted by Gasteiger charge is -2.00.